The van der Waals surface area contributed by atoms with Crippen LogP contribution in [0.3, 0.4) is 0 Å². The molecule has 1 aliphatic heterocycles. The Balaban J connectivity index is 1.57. The number of hydrogen-bond donors (Lipinski definition) is 1. The van der Waals surface area contributed by atoms with Crippen molar-refractivity contribution >= 4 is 23.5 Å². The zero-order valence-electron chi connectivity index (χ0n) is 21.4. The van der Waals surface area contributed by atoms with Crippen molar-refractivity contribution in [2.24, 2.45) is 0 Å². The van der Waals surface area contributed by atoms with Crippen LogP contribution in [0.4, 0.5) is 31.0 Å². The SMILES string of the molecule is CCN(CC)CCCCNc1ncc2c(n1)N(C1CCCC1)C(=O)N(c1c(F)ccc(OC)c1F)C2. The summed E-state index contributed by atoms with van der Waals surface area (Å²) in [6.45, 7) is 8.17. The van der Waals surface area contributed by atoms with Crippen LogP contribution >= 0.6 is 0 Å². The van der Waals surface area contributed by atoms with Crippen LogP contribution in [0, 0.1) is 11.6 Å². The number of carbonyl (C=O) groups is 1. The van der Waals surface area contributed by atoms with E-state index in [1.165, 1.54) is 13.2 Å². The molecular weight excluding hydrogens is 466 g/mol. The van der Waals surface area contributed by atoms with Crippen LogP contribution in [-0.4, -0.2) is 60.2 Å². The van der Waals surface area contributed by atoms with E-state index in [4.69, 9.17) is 9.72 Å². The van der Waals surface area contributed by atoms with E-state index >= 15 is 4.39 Å². The molecule has 0 radical (unpaired) electrons. The molecule has 1 aliphatic carbocycles. The Morgan fingerprint density at radius 1 is 1.17 bits per heavy atom. The van der Waals surface area contributed by atoms with Crippen LogP contribution in [0.5, 0.6) is 5.75 Å². The number of benzene rings is 1. The standard InChI is InChI=1S/C26H36F2N6O2/c1-4-32(5-2)15-9-8-14-29-25-30-16-18-17-33(23-20(27)12-13-21(36-3)22(23)28)26(35)34(24(18)31-25)19-10-6-7-11-19/h12-13,16,19H,4-11,14-15,17H2,1-3H3,(H,29,30,31). The number of nitrogens with zero attached hydrogens (tertiary/aromatic N) is 5. The van der Waals surface area contributed by atoms with Crippen molar-refractivity contribution in [3.63, 3.8) is 0 Å². The van der Waals surface area contributed by atoms with Crippen LogP contribution in [0.2, 0.25) is 0 Å². The Labute approximate surface area is 211 Å². The van der Waals surface area contributed by atoms with E-state index in [-0.39, 0.29) is 18.3 Å². The molecule has 2 heterocycles. The van der Waals surface area contributed by atoms with Crippen LogP contribution in [0.15, 0.2) is 18.3 Å². The summed E-state index contributed by atoms with van der Waals surface area (Å²) in [5, 5.41) is 3.28. The van der Waals surface area contributed by atoms with Crippen molar-refractivity contribution in [3.8, 4) is 5.75 Å². The fourth-order valence-corrected chi connectivity index (χ4v) is 5.06. The molecule has 1 aromatic heterocycles. The first kappa shape index (κ1) is 26.1. The highest BCUT2D eigenvalue weighted by Gasteiger charge is 2.40. The van der Waals surface area contributed by atoms with Gasteiger partial charge in [0.05, 0.1) is 13.7 Å². The molecule has 0 unspecified atom stereocenters. The molecular formula is C26H36F2N6O2. The molecule has 0 bridgehead atoms. The Morgan fingerprint density at radius 2 is 1.92 bits per heavy atom. The average Bonchev–Trinajstić information content (AvgIpc) is 3.41. The minimum absolute atomic E-state index is 0.0253. The maximum atomic E-state index is 15.1. The van der Waals surface area contributed by atoms with Crippen LogP contribution in [-0.2, 0) is 6.54 Å². The number of anilines is 3. The molecule has 10 heteroatoms. The molecule has 0 spiro atoms. The lowest BCUT2D eigenvalue weighted by molar-refractivity contribution is 0.246. The lowest BCUT2D eigenvalue weighted by atomic mass is 10.1. The number of carbonyl (C=O) groups excluding carboxylic acids is 1. The van der Waals surface area contributed by atoms with E-state index in [1.807, 2.05) is 0 Å². The molecule has 2 aromatic rings. The highest BCUT2D eigenvalue weighted by molar-refractivity contribution is 6.06. The quantitative estimate of drug-likeness (QED) is 0.427. The molecule has 1 fully saturated rings. The largest absolute Gasteiger partial charge is 0.494 e. The molecule has 196 valence electrons. The molecule has 8 nitrogen and oxygen atoms in total. The number of fused-ring (bicyclic) bond motifs is 1. The predicted molar refractivity (Wildman–Crippen MR) is 137 cm³/mol. The summed E-state index contributed by atoms with van der Waals surface area (Å²) in [5.41, 5.74) is 0.235. The number of rotatable bonds is 11. The number of aromatic nitrogens is 2. The number of amides is 2. The van der Waals surface area contributed by atoms with Gasteiger partial charge in [-0.1, -0.05) is 26.7 Å². The summed E-state index contributed by atoms with van der Waals surface area (Å²) in [4.78, 5) is 28.0. The maximum absolute atomic E-state index is 15.1. The van der Waals surface area contributed by atoms with Gasteiger partial charge in [0.1, 0.15) is 17.3 Å². The number of unbranched alkanes of at least 4 members (excludes halogenated alkanes) is 1. The number of halogens is 2. The zero-order valence-corrected chi connectivity index (χ0v) is 21.4. The topological polar surface area (TPSA) is 73.8 Å². The van der Waals surface area contributed by atoms with Crippen LogP contribution in [0.25, 0.3) is 0 Å². The third kappa shape index (κ3) is 5.38. The van der Waals surface area contributed by atoms with Gasteiger partial charge in [-0.15, -0.1) is 0 Å². The molecule has 1 saturated carbocycles. The van der Waals surface area contributed by atoms with E-state index in [9.17, 15) is 9.18 Å². The van der Waals surface area contributed by atoms with E-state index in [2.05, 4.69) is 29.0 Å². The summed E-state index contributed by atoms with van der Waals surface area (Å²) in [5.74, 6) is -0.855. The lowest BCUT2D eigenvalue weighted by Crippen LogP contribution is -2.52. The molecule has 2 amide bonds. The van der Waals surface area contributed by atoms with Gasteiger partial charge >= 0.3 is 6.03 Å². The molecule has 0 saturated heterocycles. The van der Waals surface area contributed by atoms with E-state index in [1.54, 1.807) is 11.1 Å². The molecule has 2 aliphatic rings. The molecule has 0 atom stereocenters. The zero-order chi connectivity index (χ0) is 25.7. The van der Waals surface area contributed by atoms with Gasteiger partial charge in [0.25, 0.3) is 0 Å². The van der Waals surface area contributed by atoms with Crippen molar-refractivity contribution in [3.05, 3.63) is 35.5 Å². The van der Waals surface area contributed by atoms with Gasteiger partial charge in [-0.05, 0) is 57.5 Å². The Morgan fingerprint density at radius 3 is 2.61 bits per heavy atom. The predicted octanol–water partition coefficient (Wildman–Crippen LogP) is 5.19. The average molecular weight is 503 g/mol. The second-order valence-corrected chi connectivity index (χ2v) is 9.29. The van der Waals surface area contributed by atoms with Crippen molar-refractivity contribution in [1.29, 1.82) is 0 Å². The number of ether oxygens (including phenoxy) is 1. The van der Waals surface area contributed by atoms with Crippen LogP contribution < -0.4 is 19.9 Å². The Hall–Kier alpha value is -3.01. The normalized spacial score (nSPS) is 16.1. The number of methoxy groups -OCH3 is 1. The monoisotopic (exact) mass is 502 g/mol. The van der Waals surface area contributed by atoms with Crippen molar-refractivity contribution < 1.29 is 18.3 Å². The first-order chi connectivity index (χ1) is 17.5. The fraction of sp³-hybridized carbons (Fsp3) is 0.577. The van der Waals surface area contributed by atoms with Gasteiger partial charge < -0.3 is 15.0 Å². The Kier molecular flexibility index (Phi) is 8.56. The second kappa shape index (κ2) is 11.8. The highest BCUT2D eigenvalue weighted by atomic mass is 19.1. The van der Waals surface area contributed by atoms with Gasteiger partial charge in [0, 0.05) is 24.3 Å². The van der Waals surface area contributed by atoms with Crippen molar-refractivity contribution in [1.82, 2.24) is 14.9 Å². The van der Waals surface area contributed by atoms with Crippen molar-refractivity contribution in [2.45, 2.75) is 65.0 Å². The molecule has 36 heavy (non-hydrogen) atoms. The first-order valence-corrected chi connectivity index (χ1v) is 12.9. The highest BCUT2D eigenvalue weighted by Crippen LogP contribution is 2.39. The van der Waals surface area contributed by atoms with Crippen molar-refractivity contribution in [2.75, 3.05) is 48.4 Å². The maximum Gasteiger partial charge on any atom is 0.330 e. The third-order valence-electron chi connectivity index (χ3n) is 7.13. The molecule has 4 rings (SSSR count). The van der Waals surface area contributed by atoms with Crippen LogP contribution in [0.1, 0.15) is 57.9 Å². The molecule has 1 aromatic carbocycles. The van der Waals surface area contributed by atoms with Gasteiger partial charge in [-0.25, -0.2) is 18.6 Å². The molecule has 1 N–H and O–H groups in total. The minimum Gasteiger partial charge on any atom is -0.494 e. The summed E-state index contributed by atoms with van der Waals surface area (Å²) in [6.07, 6.45) is 7.32. The van der Waals surface area contributed by atoms with Gasteiger partial charge in [0.2, 0.25) is 5.95 Å². The summed E-state index contributed by atoms with van der Waals surface area (Å²) in [7, 11) is 1.31. The number of urea groups is 1. The van der Waals surface area contributed by atoms with E-state index < -0.39 is 23.4 Å². The van der Waals surface area contributed by atoms with Gasteiger partial charge in [-0.3, -0.25) is 9.80 Å². The first-order valence-electron chi connectivity index (χ1n) is 12.9. The Bertz CT molecular complexity index is 1060. The summed E-state index contributed by atoms with van der Waals surface area (Å²) < 4.78 is 35.0. The second-order valence-electron chi connectivity index (χ2n) is 9.29. The third-order valence-corrected chi connectivity index (χ3v) is 7.13. The number of nitrogens with one attached hydrogen (secondary N) is 1. The van der Waals surface area contributed by atoms with Gasteiger partial charge in [0.15, 0.2) is 11.6 Å². The lowest BCUT2D eigenvalue weighted by Gasteiger charge is -2.39. The summed E-state index contributed by atoms with van der Waals surface area (Å²) in [6, 6.07) is 1.77. The fourth-order valence-electron chi connectivity index (χ4n) is 5.06. The van der Waals surface area contributed by atoms with Gasteiger partial charge in [-0.2, -0.15) is 4.98 Å². The smallest absolute Gasteiger partial charge is 0.330 e. The van der Waals surface area contributed by atoms with E-state index in [0.29, 0.717) is 17.3 Å². The summed E-state index contributed by atoms with van der Waals surface area (Å²) >= 11 is 0. The number of hydrogen-bond acceptors (Lipinski definition) is 6. The minimum atomic E-state index is -0.899. The van der Waals surface area contributed by atoms with E-state index in [0.717, 1.165) is 75.7 Å².